The van der Waals surface area contributed by atoms with Crippen molar-refractivity contribution >= 4 is 5.97 Å². The number of rotatable bonds is 4. The van der Waals surface area contributed by atoms with Crippen molar-refractivity contribution in [2.24, 2.45) is 46.3 Å². The first-order chi connectivity index (χ1) is 13.2. The number of aliphatic carboxylic acids is 1. The Bertz CT molecular complexity index is 605. The van der Waals surface area contributed by atoms with E-state index in [1.807, 2.05) is 0 Å². The standard InChI is InChI=1S/C24H40O4/c1-14(4-7-21(27)28)17-5-6-18-22-19(9-11-24(17,18)3)23(2)10-8-16(25)12-15(23)13-20(22)26/h14-20,22,25-26H,4-13H2,1-3H3,(H,27,28)/p-1/t14-,15-,16+,17+,18+,19+,20+,22+,23-,24+/m0/s1. The molecule has 0 aliphatic heterocycles. The normalized spacial score (nSPS) is 51.7. The van der Waals surface area contributed by atoms with Gasteiger partial charge in [-0.05, 0) is 111 Å². The second-order valence-corrected chi connectivity index (χ2v) is 11.3. The smallest absolute Gasteiger partial charge is 0.0577 e. The van der Waals surface area contributed by atoms with Crippen molar-refractivity contribution in [2.75, 3.05) is 0 Å². The van der Waals surface area contributed by atoms with Gasteiger partial charge < -0.3 is 20.1 Å². The van der Waals surface area contributed by atoms with E-state index >= 15 is 0 Å². The lowest BCUT2D eigenvalue weighted by Gasteiger charge is -2.62. The molecule has 4 saturated carbocycles. The Kier molecular flexibility index (Phi) is 5.36. The van der Waals surface area contributed by atoms with Crippen LogP contribution in [0.2, 0.25) is 0 Å². The van der Waals surface area contributed by atoms with Crippen LogP contribution < -0.4 is 5.11 Å². The summed E-state index contributed by atoms with van der Waals surface area (Å²) in [6.07, 6.45) is 8.91. The van der Waals surface area contributed by atoms with Gasteiger partial charge in [0.15, 0.2) is 0 Å². The Morgan fingerprint density at radius 3 is 2.43 bits per heavy atom. The molecule has 2 N–H and O–H groups in total. The third kappa shape index (κ3) is 3.14. The van der Waals surface area contributed by atoms with E-state index in [1.54, 1.807) is 0 Å². The van der Waals surface area contributed by atoms with Crippen LogP contribution in [-0.2, 0) is 4.79 Å². The van der Waals surface area contributed by atoms with Crippen LogP contribution in [0, 0.1) is 46.3 Å². The van der Waals surface area contributed by atoms with Crippen LogP contribution in [0.5, 0.6) is 0 Å². The van der Waals surface area contributed by atoms with Crippen molar-refractivity contribution in [3.63, 3.8) is 0 Å². The lowest BCUT2D eigenvalue weighted by Crippen LogP contribution is -2.58. The van der Waals surface area contributed by atoms with Crippen LogP contribution in [-0.4, -0.2) is 28.4 Å². The number of fused-ring (bicyclic) bond motifs is 5. The summed E-state index contributed by atoms with van der Waals surface area (Å²) in [7, 11) is 0. The van der Waals surface area contributed by atoms with Crippen LogP contribution in [0.1, 0.15) is 85.0 Å². The second kappa shape index (κ2) is 7.27. The van der Waals surface area contributed by atoms with Gasteiger partial charge in [-0.15, -0.1) is 0 Å². The van der Waals surface area contributed by atoms with Gasteiger partial charge in [-0.2, -0.15) is 0 Å². The molecule has 28 heavy (non-hydrogen) atoms. The highest BCUT2D eigenvalue weighted by Gasteiger charge is 2.62. The Balaban J connectivity index is 1.55. The quantitative estimate of drug-likeness (QED) is 0.771. The molecular weight excluding hydrogens is 352 g/mol. The number of aliphatic hydroxyl groups excluding tert-OH is 2. The van der Waals surface area contributed by atoms with E-state index in [9.17, 15) is 20.1 Å². The van der Waals surface area contributed by atoms with Crippen LogP contribution in [0.3, 0.4) is 0 Å². The third-order valence-corrected chi connectivity index (χ3v) is 10.2. The van der Waals surface area contributed by atoms with Gasteiger partial charge in [0.2, 0.25) is 0 Å². The van der Waals surface area contributed by atoms with Gasteiger partial charge in [-0.1, -0.05) is 20.8 Å². The van der Waals surface area contributed by atoms with E-state index in [-0.39, 0.29) is 29.5 Å². The van der Waals surface area contributed by atoms with Crippen molar-refractivity contribution < 1.29 is 20.1 Å². The van der Waals surface area contributed by atoms with Gasteiger partial charge in [0, 0.05) is 5.97 Å². The summed E-state index contributed by atoms with van der Waals surface area (Å²) in [6.45, 7) is 7.11. The molecule has 0 unspecified atom stereocenters. The summed E-state index contributed by atoms with van der Waals surface area (Å²) in [5, 5.41) is 32.4. The molecule has 4 aliphatic rings. The fourth-order valence-electron chi connectivity index (χ4n) is 8.72. The largest absolute Gasteiger partial charge is 0.550 e. The van der Waals surface area contributed by atoms with E-state index in [2.05, 4.69) is 20.8 Å². The minimum Gasteiger partial charge on any atom is -0.550 e. The summed E-state index contributed by atoms with van der Waals surface area (Å²) >= 11 is 0. The SMILES string of the molecule is C[C@@H](CCC(=O)[O-])[C@H]1CC[C@@H]2[C@H]3[C@H](O)C[C@@H]4C[C@H](O)CC[C@]4(C)[C@@H]3CC[C@@]21C. The first-order valence-corrected chi connectivity index (χ1v) is 11.7. The topological polar surface area (TPSA) is 80.6 Å². The molecule has 4 nitrogen and oxygen atoms in total. The summed E-state index contributed by atoms with van der Waals surface area (Å²) in [4.78, 5) is 10.9. The number of aliphatic hydroxyl groups is 2. The Hall–Kier alpha value is -0.610. The van der Waals surface area contributed by atoms with Gasteiger partial charge in [0.25, 0.3) is 0 Å². The zero-order valence-electron chi connectivity index (χ0n) is 17.9. The average molecular weight is 392 g/mol. The lowest BCUT2D eigenvalue weighted by molar-refractivity contribution is -0.306. The fraction of sp³-hybridized carbons (Fsp3) is 0.958. The molecule has 10 atom stereocenters. The fourth-order valence-corrected chi connectivity index (χ4v) is 8.72. The number of carboxylic acids is 1. The molecule has 4 heteroatoms. The molecule has 0 amide bonds. The van der Waals surface area contributed by atoms with E-state index in [0.717, 1.165) is 25.7 Å². The Morgan fingerprint density at radius 1 is 1.04 bits per heavy atom. The molecule has 0 aromatic heterocycles. The van der Waals surface area contributed by atoms with Gasteiger partial charge >= 0.3 is 0 Å². The molecule has 4 aliphatic carbocycles. The summed E-state index contributed by atoms with van der Waals surface area (Å²) in [6, 6.07) is 0. The van der Waals surface area contributed by atoms with Gasteiger partial charge in [-0.25, -0.2) is 0 Å². The minimum atomic E-state index is -0.934. The maximum atomic E-state index is 11.2. The highest BCUT2D eigenvalue weighted by Crippen LogP contribution is 2.68. The predicted molar refractivity (Wildman–Crippen MR) is 106 cm³/mol. The van der Waals surface area contributed by atoms with Gasteiger partial charge in [0.05, 0.1) is 12.2 Å². The highest BCUT2D eigenvalue weighted by molar-refractivity contribution is 5.64. The maximum Gasteiger partial charge on any atom is 0.0577 e. The van der Waals surface area contributed by atoms with Crippen molar-refractivity contribution in [1.82, 2.24) is 0 Å². The van der Waals surface area contributed by atoms with E-state index in [4.69, 9.17) is 0 Å². The molecule has 0 spiro atoms. The molecule has 4 rings (SSSR count). The molecule has 0 aromatic carbocycles. The summed E-state index contributed by atoms with van der Waals surface area (Å²) in [5.41, 5.74) is 0.494. The van der Waals surface area contributed by atoms with Crippen LogP contribution in [0.4, 0.5) is 0 Å². The molecule has 4 fully saturated rings. The monoisotopic (exact) mass is 391 g/mol. The Labute approximate surface area is 170 Å². The Morgan fingerprint density at radius 2 is 1.71 bits per heavy atom. The average Bonchev–Trinajstić information content (AvgIpc) is 2.98. The predicted octanol–water partition coefficient (Wildman–Crippen LogP) is 3.14. The highest BCUT2D eigenvalue weighted by atomic mass is 16.4. The van der Waals surface area contributed by atoms with Gasteiger partial charge in [0.1, 0.15) is 0 Å². The zero-order valence-corrected chi connectivity index (χ0v) is 17.9. The van der Waals surface area contributed by atoms with Crippen molar-refractivity contribution in [3.8, 4) is 0 Å². The van der Waals surface area contributed by atoms with Gasteiger partial charge in [-0.3, -0.25) is 0 Å². The first kappa shape index (κ1) is 20.7. The summed E-state index contributed by atoms with van der Waals surface area (Å²) in [5.74, 6) is 1.99. The number of hydrogen-bond donors (Lipinski definition) is 2. The van der Waals surface area contributed by atoms with Crippen molar-refractivity contribution in [3.05, 3.63) is 0 Å². The molecule has 0 radical (unpaired) electrons. The number of hydrogen-bond acceptors (Lipinski definition) is 4. The van der Waals surface area contributed by atoms with E-state index in [1.165, 1.54) is 25.7 Å². The molecule has 0 bridgehead atoms. The molecule has 0 aromatic rings. The molecular formula is C24H39O4-. The van der Waals surface area contributed by atoms with Crippen molar-refractivity contribution in [2.45, 2.75) is 97.2 Å². The lowest BCUT2D eigenvalue weighted by atomic mass is 9.43. The molecule has 0 heterocycles. The maximum absolute atomic E-state index is 11.2. The van der Waals surface area contributed by atoms with Crippen LogP contribution >= 0.6 is 0 Å². The third-order valence-electron chi connectivity index (χ3n) is 10.2. The van der Waals surface area contributed by atoms with Crippen LogP contribution in [0.15, 0.2) is 0 Å². The van der Waals surface area contributed by atoms with Crippen LogP contribution in [0.25, 0.3) is 0 Å². The number of carboxylic acid groups (broad SMARTS) is 1. The van der Waals surface area contributed by atoms with E-state index in [0.29, 0.717) is 41.9 Å². The summed E-state index contributed by atoms with van der Waals surface area (Å²) < 4.78 is 0. The van der Waals surface area contributed by atoms with Crippen molar-refractivity contribution in [1.29, 1.82) is 0 Å². The number of carbonyl (C=O) groups is 1. The van der Waals surface area contributed by atoms with E-state index < -0.39 is 5.97 Å². The molecule has 160 valence electrons. The number of carbonyl (C=O) groups excluding carboxylic acids is 1. The minimum absolute atomic E-state index is 0.162. The molecule has 0 saturated heterocycles. The second-order valence-electron chi connectivity index (χ2n) is 11.3. The first-order valence-electron chi connectivity index (χ1n) is 11.7. The zero-order chi connectivity index (χ0) is 20.3.